The van der Waals surface area contributed by atoms with Gasteiger partial charge in [-0.25, -0.2) is 4.79 Å². The number of rotatable bonds is 6. The van der Waals surface area contributed by atoms with Crippen LogP contribution in [0.2, 0.25) is 0 Å². The number of anilines is 1. The average molecular weight is 423 g/mol. The summed E-state index contributed by atoms with van der Waals surface area (Å²) in [6.45, 7) is 3.21. The quantitative estimate of drug-likeness (QED) is 0.564. The van der Waals surface area contributed by atoms with E-state index < -0.39 is 11.2 Å². The van der Waals surface area contributed by atoms with E-state index in [0.717, 1.165) is 5.56 Å². The molecule has 2 aromatic heterocycles. The summed E-state index contributed by atoms with van der Waals surface area (Å²) in [6.07, 6.45) is 3.95. The summed E-state index contributed by atoms with van der Waals surface area (Å²) < 4.78 is 3.18. The van der Waals surface area contributed by atoms with Crippen LogP contribution in [0, 0.1) is 0 Å². The van der Waals surface area contributed by atoms with Gasteiger partial charge in [0.25, 0.3) is 5.56 Å². The maximum absolute atomic E-state index is 12.6. The largest absolute Gasteiger partial charge is 0.369 e. The van der Waals surface area contributed by atoms with E-state index in [-0.39, 0.29) is 12.5 Å². The second kappa shape index (κ2) is 8.60. The van der Waals surface area contributed by atoms with Gasteiger partial charge in [0.2, 0.25) is 11.9 Å². The van der Waals surface area contributed by atoms with Crippen molar-refractivity contribution in [1.29, 1.82) is 0 Å². The molecule has 31 heavy (non-hydrogen) atoms. The molecule has 0 unspecified atom stereocenters. The van der Waals surface area contributed by atoms with Gasteiger partial charge in [-0.1, -0.05) is 42.5 Å². The van der Waals surface area contributed by atoms with E-state index in [0.29, 0.717) is 49.8 Å². The van der Waals surface area contributed by atoms with Crippen LogP contribution in [0.5, 0.6) is 0 Å². The fourth-order valence-electron chi connectivity index (χ4n) is 3.82. The topological polar surface area (TPSA) is 122 Å². The number of hydrogen-bond acceptors (Lipinski definition) is 6. The Morgan fingerprint density at radius 3 is 2.55 bits per heavy atom. The molecular weight excluding hydrogens is 398 g/mol. The van der Waals surface area contributed by atoms with Crippen molar-refractivity contribution in [3.63, 3.8) is 0 Å². The van der Waals surface area contributed by atoms with Crippen LogP contribution >= 0.6 is 0 Å². The SMILES string of the molecule is Cn1c(=O)[nH]c(=O)c2c1nc(N1CCN(CC(N)=O)CC1)n2CC=Cc1ccccc1. The Morgan fingerprint density at radius 1 is 1.16 bits per heavy atom. The first-order chi connectivity index (χ1) is 14.9. The lowest BCUT2D eigenvalue weighted by Gasteiger charge is -2.34. The summed E-state index contributed by atoms with van der Waals surface area (Å²) >= 11 is 0. The van der Waals surface area contributed by atoms with Gasteiger partial charge < -0.3 is 15.2 Å². The third-order valence-corrected chi connectivity index (χ3v) is 5.42. The first-order valence-electron chi connectivity index (χ1n) is 10.1. The van der Waals surface area contributed by atoms with Gasteiger partial charge in [0.1, 0.15) is 0 Å². The molecule has 1 aromatic carbocycles. The molecule has 1 saturated heterocycles. The van der Waals surface area contributed by atoms with Crippen LogP contribution in [0.15, 0.2) is 46.0 Å². The van der Waals surface area contributed by atoms with E-state index in [9.17, 15) is 14.4 Å². The number of benzene rings is 1. The molecular formula is C21H25N7O3. The lowest BCUT2D eigenvalue weighted by atomic mass is 10.2. The molecule has 0 aliphatic carbocycles. The molecule has 1 aliphatic heterocycles. The highest BCUT2D eigenvalue weighted by Gasteiger charge is 2.25. The van der Waals surface area contributed by atoms with E-state index in [1.807, 2.05) is 52.0 Å². The molecule has 3 aromatic rings. The minimum atomic E-state index is -0.500. The number of imidazole rings is 1. The average Bonchev–Trinajstić information content (AvgIpc) is 3.13. The second-order valence-electron chi connectivity index (χ2n) is 7.56. The summed E-state index contributed by atoms with van der Waals surface area (Å²) in [7, 11) is 1.59. The third kappa shape index (κ3) is 4.29. The van der Waals surface area contributed by atoms with Crippen LogP contribution in [-0.4, -0.2) is 62.6 Å². The number of carbonyl (C=O) groups excluding carboxylic acids is 1. The Hall–Kier alpha value is -3.66. The summed E-state index contributed by atoms with van der Waals surface area (Å²) in [5.41, 5.74) is 6.10. The van der Waals surface area contributed by atoms with E-state index in [2.05, 4.69) is 14.9 Å². The maximum Gasteiger partial charge on any atom is 0.329 e. The first-order valence-corrected chi connectivity index (χ1v) is 10.1. The number of aryl methyl sites for hydroxylation is 1. The van der Waals surface area contributed by atoms with Gasteiger partial charge >= 0.3 is 5.69 Å². The summed E-state index contributed by atoms with van der Waals surface area (Å²) in [4.78, 5) is 47.0. The predicted octanol–water partition coefficient (Wildman–Crippen LogP) is -0.256. The zero-order valence-corrected chi connectivity index (χ0v) is 17.3. The number of primary amides is 1. The van der Waals surface area contributed by atoms with Crippen molar-refractivity contribution in [2.45, 2.75) is 6.54 Å². The van der Waals surface area contributed by atoms with E-state index in [4.69, 9.17) is 5.73 Å². The highest BCUT2D eigenvalue weighted by Crippen LogP contribution is 2.21. The second-order valence-corrected chi connectivity index (χ2v) is 7.56. The first kappa shape index (κ1) is 20.6. The minimum Gasteiger partial charge on any atom is -0.369 e. The number of piperazine rings is 1. The number of carbonyl (C=O) groups is 1. The number of amides is 1. The van der Waals surface area contributed by atoms with Gasteiger partial charge in [-0.05, 0) is 5.56 Å². The highest BCUT2D eigenvalue weighted by molar-refractivity contribution is 5.76. The van der Waals surface area contributed by atoms with Crippen LogP contribution in [0.4, 0.5) is 5.95 Å². The summed E-state index contributed by atoms with van der Waals surface area (Å²) in [6, 6.07) is 9.88. The molecule has 162 valence electrons. The molecule has 1 aliphatic rings. The lowest BCUT2D eigenvalue weighted by Crippen LogP contribution is -2.49. The lowest BCUT2D eigenvalue weighted by molar-refractivity contribution is -0.119. The van der Waals surface area contributed by atoms with Gasteiger partial charge in [-0.15, -0.1) is 0 Å². The normalized spacial score (nSPS) is 15.2. The van der Waals surface area contributed by atoms with Gasteiger partial charge in [0.15, 0.2) is 11.2 Å². The number of hydrogen-bond donors (Lipinski definition) is 2. The highest BCUT2D eigenvalue weighted by atomic mass is 16.2. The van der Waals surface area contributed by atoms with Crippen LogP contribution < -0.4 is 21.9 Å². The molecule has 0 atom stereocenters. The summed E-state index contributed by atoms with van der Waals surface area (Å²) in [5.74, 6) is 0.270. The molecule has 1 fully saturated rings. The molecule has 0 radical (unpaired) electrons. The zero-order chi connectivity index (χ0) is 22.0. The number of nitrogens with two attached hydrogens (primary N) is 1. The number of aromatic amines is 1. The number of fused-ring (bicyclic) bond motifs is 1. The molecule has 1 amide bonds. The number of nitrogens with zero attached hydrogens (tertiary/aromatic N) is 5. The van der Waals surface area contributed by atoms with Crippen molar-refractivity contribution < 1.29 is 4.79 Å². The molecule has 0 spiro atoms. The number of allylic oxidation sites excluding steroid dienone is 1. The summed E-state index contributed by atoms with van der Waals surface area (Å²) in [5, 5.41) is 0. The van der Waals surface area contributed by atoms with E-state index in [1.165, 1.54) is 4.57 Å². The van der Waals surface area contributed by atoms with Gasteiger partial charge in [0.05, 0.1) is 6.54 Å². The van der Waals surface area contributed by atoms with Crippen LogP contribution in [0.25, 0.3) is 17.2 Å². The molecule has 0 saturated carbocycles. The van der Waals surface area contributed by atoms with Gasteiger partial charge in [-0.3, -0.25) is 24.0 Å². The van der Waals surface area contributed by atoms with Crippen molar-refractivity contribution in [3.8, 4) is 0 Å². The zero-order valence-electron chi connectivity index (χ0n) is 17.3. The number of nitrogens with one attached hydrogen (secondary N) is 1. The van der Waals surface area contributed by atoms with Crippen molar-refractivity contribution >= 4 is 29.1 Å². The standard InChI is InChI=1S/C21H25N7O3/c1-25-18-17(19(30)24-21(25)31)28(9-5-8-15-6-3-2-4-7-15)20(23-18)27-12-10-26(11-13-27)14-16(22)29/h2-8H,9-14H2,1H3,(H2,22,29)(H,24,30,31). The van der Waals surface area contributed by atoms with Crippen LogP contribution in [-0.2, 0) is 18.4 Å². The van der Waals surface area contributed by atoms with Crippen LogP contribution in [0.3, 0.4) is 0 Å². The van der Waals surface area contributed by atoms with E-state index >= 15 is 0 Å². The Morgan fingerprint density at radius 2 is 1.87 bits per heavy atom. The Bertz CT molecular complexity index is 1230. The minimum absolute atomic E-state index is 0.220. The molecule has 10 heteroatoms. The Kier molecular flexibility index (Phi) is 5.72. The van der Waals surface area contributed by atoms with Crippen molar-refractivity contribution in [2.24, 2.45) is 12.8 Å². The Labute approximate surface area is 178 Å². The molecule has 10 nitrogen and oxygen atoms in total. The van der Waals surface area contributed by atoms with Crippen molar-refractivity contribution in [1.82, 2.24) is 24.0 Å². The van der Waals surface area contributed by atoms with Gasteiger partial charge in [-0.2, -0.15) is 4.98 Å². The maximum atomic E-state index is 12.6. The fraction of sp³-hybridized carbons (Fsp3) is 0.333. The molecule has 4 rings (SSSR count). The van der Waals surface area contributed by atoms with Crippen molar-refractivity contribution in [2.75, 3.05) is 37.6 Å². The molecule has 3 N–H and O–H groups in total. The fourth-order valence-corrected chi connectivity index (χ4v) is 3.82. The molecule has 0 bridgehead atoms. The van der Waals surface area contributed by atoms with Crippen molar-refractivity contribution in [3.05, 3.63) is 62.8 Å². The van der Waals surface area contributed by atoms with Crippen LogP contribution in [0.1, 0.15) is 5.56 Å². The number of aromatic nitrogens is 4. The monoisotopic (exact) mass is 423 g/mol. The third-order valence-electron chi connectivity index (χ3n) is 5.42. The Balaban J connectivity index is 1.70. The van der Waals surface area contributed by atoms with E-state index in [1.54, 1.807) is 7.05 Å². The predicted molar refractivity (Wildman–Crippen MR) is 119 cm³/mol. The smallest absolute Gasteiger partial charge is 0.329 e. The molecule has 3 heterocycles. The number of H-pyrrole nitrogens is 1. The van der Waals surface area contributed by atoms with Gasteiger partial charge in [0, 0.05) is 39.8 Å².